The van der Waals surface area contributed by atoms with Gasteiger partial charge < -0.3 is 5.73 Å². The van der Waals surface area contributed by atoms with Gasteiger partial charge in [0.05, 0.1) is 12.1 Å². The van der Waals surface area contributed by atoms with E-state index in [1.54, 1.807) is 6.20 Å². The molecule has 2 aromatic heterocycles. The summed E-state index contributed by atoms with van der Waals surface area (Å²) in [5, 5.41) is 2.06. The summed E-state index contributed by atoms with van der Waals surface area (Å²) in [6.45, 7) is 2.38. The molecule has 0 aliphatic rings. The number of aromatic nitrogens is 3. The van der Waals surface area contributed by atoms with Crippen LogP contribution in [0.4, 0.5) is 0 Å². The van der Waals surface area contributed by atoms with E-state index in [1.165, 1.54) is 0 Å². The smallest absolute Gasteiger partial charge is 0.163 e. The van der Waals surface area contributed by atoms with Gasteiger partial charge in [-0.1, -0.05) is 18.2 Å². The summed E-state index contributed by atoms with van der Waals surface area (Å²) in [5.74, 6) is 0.623. The number of benzene rings is 1. The molecule has 17 heavy (non-hydrogen) atoms. The Hall–Kier alpha value is -2.07. The fourth-order valence-electron chi connectivity index (χ4n) is 1.93. The zero-order chi connectivity index (χ0) is 11.8. The first-order chi connectivity index (χ1) is 8.28. The summed E-state index contributed by atoms with van der Waals surface area (Å²) in [7, 11) is 0. The molecule has 1 aromatic carbocycles. The van der Waals surface area contributed by atoms with E-state index in [2.05, 4.69) is 21.0 Å². The van der Waals surface area contributed by atoms with Gasteiger partial charge in [0.25, 0.3) is 0 Å². The predicted octanol–water partition coefficient (Wildman–Crippen LogP) is 1.95. The van der Waals surface area contributed by atoms with Gasteiger partial charge in [0.1, 0.15) is 5.82 Å². The van der Waals surface area contributed by atoms with Crippen molar-refractivity contribution in [1.82, 2.24) is 15.0 Å². The molecule has 2 N–H and O–H groups in total. The van der Waals surface area contributed by atoms with Crippen LogP contribution in [0, 0.1) is 6.92 Å². The Bertz CT molecular complexity index is 706. The number of para-hydroxylation sites is 1. The van der Waals surface area contributed by atoms with Crippen molar-refractivity contribution < 1.29 is 0 Å². The van der Waals surface area contributed by atoms with Crippen molar-refractivity contribution in [3.8, 4) is 0 Å². The minimum absolute atomic E-state index is 0.337. The molecule has 0 saturated carbocycles. The molecule has 3 aromatic rings. The molecule has 0 fully saturated rings. The largest absolute Gasteiger partial charge is 0.324 e. The molecule has 0 aliphatic carbocycles. The third kappa shape index (κ3) is 1.62. The highest BCUT2D eigenvalue weighted by Crippen LogP contribution is 2.20. The third-order valence-corrected chi connectivity index (χ3v) is 2.83. The van der Waals surface area contributed by atoms with Crippen LogP contribution >= 0.6 is 0 Å². The van der Waals surface area contributed by atoms with Gasteiger partial charge in [0.2, 0.25) is 0 Å². The molecule has 0 radical (unpaired) electrons. The normalized spacial score (nSPS) is 11.2. The monoisotopic (exact) mass is 224 g/mol. The summed E-state index contributed by atoms with van der Waals surface area (Å²) in [5.41, 5.74) is 8.38. The Morgan fingerprint density at radius 3 is 2.88 bits per heavy atom. The topological polar surface area (TPSA) is 64.7 Å². The van der Waals surface area contributed by atoms with Crippen molar-refractivity contribution in [2.24, 2.45) is 5.73 Å². The van der Waals surface area contributed by atoms with Gasteiger partial charge in [-0.15, -0.1) is 0 Å². The Balaban J connectivity index is 2.40. The first kappa shape index (κ1) is 10.1. The highest BCUT2D eigenvalue weighted by atomic mass is 15.0. The number of pyridine rings is 1. The van der Waals surface area contributed by atoms with E-state index < -0.39 is 0 Å². The lowest BCUT2D eigenvalue weighted by Gasteiger charge is -2.04. The summed E-state index contributed by atoms with van der Waals surface area (Å²) in [6, 6.07) is 8.18. The maximum absolute atomic E-state index is 5.53. The van der Waals surface area contributed by atoms with Crippen molar-refractivity contribution in [1.29, 1.82) is 0 Å². The van der Waals surface area contributed by atoms with Crippen LogP contribution in [-0.2, 0) is 6.54 Å². The second kappa shape index (κ2) is 3.75. The fourth-order valence-corrected chi connectivity index (χ4v) is 1.93. The first-order valence-corrected chi connectivity index (χ1v) is 5.50. The molecular weight excluding hydrogens is 212 g/mol. The lowest BCUT2D eigenvalue weighted by molar-refractivity contribution is 0.922. The van der Waals surface area contributed by atoms with E-state index in [-0.39, 0.29) is 0 Å². The molecule has 0 unspecified atom stereocenters. The molecule has 4 heteroatoms. The second-order valence-electron chi connectivity index (χ2n) is 4.04. The molecule has 0 saturated heterocycles. The van der Waals surface area contributed by atoms with Crippen LogP contribution in [0.3, 0.4) is 0 Å². The fraction of sp³-hybridized carbons (Fsp3) is 0.154. The lowest BCUT2D eigenvalue weighted by atomic mass is 10.1. The number of fused-ring (bicyclic) bond motifs is 2. The van der Waals surface area contributed by atoms with Crippen LogP contribution in [0.5, 0.6) is 0 Å². The lowest BCUT2D eigenvalue weighted by Crippen LogP contribution is -2.03. The maximum atomic E-state index is 5.53. The van der Waals surface area contributed by atoms with E-state index in [0.29, 0.717) is 18.0 Å². The van der Waals surface area contributed by atoms with E-state index in [9.17, 15) is 0 Å². The number of nitrogens with zero attached hydrogens (tertiary/aromatic N) is 3. The molecule has 0 aliphatic heterocycles. The van der Waals surface area contributed by atoms with Gasteiger partial charge in [-0.25, -0.2) is 15.0 Å². The number of hydrogen-bond donors (Lipinski definition) is 1. The van der Waals surface area contributed by atoms with Gasteiger partial charge in [-0.05, 0) is 18.6 Å². The molecule has 0 amide bonds. The number of rotatable bonds is 1. The van der Waals surface area contributed by atoms with Crippen LogP contribution in [0.1, 0.15) is 11.4 Å². The van der Waals surface area contributed by atoms with Gasteiger partial charge in [-0.2, -0.15) is 0 Å². The average Bonchev–Trinajstić information content (AvgIpc) is 2.37. The van der Waals surface area contributed by atoms with Gasteiger partial charge in [0, 0.05) is 17.0 Å². The van der Waals surface area contributed by atoms with Crippen molar-refractivity contribution in [3.63, 3.8) is 0 Å². The molecule has 0 atom stereocenters. The zero-order valence-corrected chi connectivity index (χ0v) is 9.51. The quantitative estimate of drug-likeness (QED) is 0.641. The third-order valence-electron chi connectivity index (χ3n) is 2.83. The highest BCUT2D eigenvalue weighted by Gasteiger charge is 2.04. The molecule has 84 valence electrons. The van der Waals surface area contributed by atoms with Gasteiger partial charge in [-0.3, -0.25) is 0 Å². The summed E-state index contributed by atoms with van der Waals surface area (Å²) in [6.07, 6.45) is 1.78. The van der Waals surface area contributed by atoms with E-state index in [0.717, 1.165) is 21.9 Å². The van der Waals surface area contributed by atoms with Crippen LogP contribution < -0.4 is 5.73 Å². The van der Waals surface area contributed by atoms with E-state index >= 15 is 0 Å². The van der Waals surface area contributed by atoms with Crippen molar-refractivity contribution in [3.05, 3.63) is 41.9 Å². The Kier molecular flexibility index (Phi) is 2.23. The minimum atomic E-state index is 0.337. The Morgan fingerprint density at radius 1 is 1.18 bits per heavy atom. The average molecular weight is 224 g/mol. The highest BCUT2D eigenvalue weighted by molar-refractivity contribution is 5.92. The molecule has 0 spiro atoms. The van der Waals surface area contributed by atoms with Crippen LogP contribution in [-0.4, -0.2) is 15.0 Å². The molecule has 0 bridgehead atoms. The molecule has 3 rings (SSSR count). The van der Waals surface area contributed by atoms with Gasteiger partial charge >= 0.3 is 0 Å². The first-order valence-electron chi connectivity index (χ1n) is 5.50. The molecule has 4 nitrogen and oxygen atoms in total. The van der Waals surface area contributed by atoms with E-state index in [4.69, 9.17) is 5.73 Å². The summed E-state index contributed by atoms with van der Waals surface area (Å²) < 4.78 is 0. The summed E-state index contributed by atoms with van der Waals surface area (Å²) in [4.78, 5) is 13.1. The van der Waals surface area contributed by atoms with E-state index in [1.807, 2.05) is 25.1 Å². The number of aryl methyl sites for hydroxylation is 1. The minimum Gasteiger partial charge on any atom is -0.324 e. The Labute approximate surface area is 98.5 Å². The predicted molar refractivity (Wildman–Crippen MR) is 67.5 cm³/mol. The second-order valence-corrected chi connectivity index (χ2v) is 4.04. The summed E-state index contributed by atoms with van der Waals surface area (Å²) >= 11 is 0. The maximum Gasteiger partial charge on any atom is 0.163 e. The van der Waals surface area contributed by atoms with Crippen molar-refractivity contribution >= 4 is 21.9 Å². The van der Waals surface area contributed by atoms with Crippen LogP contribution in [0.25, 0.3) is 21.9 Å². The zero-order valence-electron chi connectivity index (χ0n) is 9.51. The van der Waals surface area contributed by atoms with Crippen LogP contribution in [0.15, 0.2) is 30.5 Å². The van der Waals surface area contributed by atoms with Gasteiger partial charge in [0.15, 0.2) is 5.65 Å². The standard InChI is InChI=1S/C13H12N4/c1-8-3-2-4-9-5-10-7-15-11(6-14)16-13(10)17-12(8)9/h2-5,7H,6,14H2,1H3. The number of nitrogens with two attached hydrogens (primary N) is 1. The van der Waals surface area contributed by atoms with Crippen LogP contribution in [0.2, 0.25) is 0 Å². The molecule has 2 heterocycles. The van der Waals surface area contributed by atoms with Crippen molar-refractivity contribution in [2.45, 2.75) is 13.5 Å². The van der Waals surface area contributed by atoms with Crippen molar-refractivity contribution in [2.75, 3.05) is 0 Å². The molecular formula is C13H12N4. The number of hydrogen-bond acceptors (Lipinski definition) is 4. The SMILES string of the molecule is Cc1cccc2cc3cnc(CN)nc3nc12. The Morgan fingerprint density at radius 2 is 2.06 bits per heavy atom.